The molecule has 2 rings (SSSR count). The van der Waals surface area contributed by atoms with Crippen molar-refractivity contribution in [1.82, 2.24) is 0 Å². The van der Waals surface area contributed by atoms with Crippen LogP contribution in [0.4, 0.5) is 0 Å². The van der Waals surface area contributed by atoms with Gasteiger partial charge in [0.1, 0.15) is 0 Å². The van der Waals surface area contributed by atoms with Crippen LogP contribution in [0.3, 0.4) is 0 Å². The molecule has 0 aliphatic heterocycles. The van der Waals surface area contributed by atoms with E-state index in [2.05, 4.69) is 6.58 Å². The third kappa shape index (κ3) is 3.37. The highest BCUT2D eigenvalue weighted by molar-refractivity contribution is 7.89. The maximum absolute atomic E-state index is 12.7. The summed E-state index contributed by atoms with van der Waals surface area (Å²) < 4.78 is 12.7. The molecule has 0 bridgehead atoms. The van der Waals surface area contributed by atoms with Gasteiger partial charge in [0.15, 0.2) is 0 Å². The van der Waals surface area contributed by atoms with E-state index in [9.17, 15) is 9.32 Å². The average molecular weight is 314 g/mol. The van der Waals surface area contributed by atoms with Crippen molar-refractivity contribution < 1.29 is 9.32 Å². The van der Waals surface area contributed by atoms with Crippen molar-refractivity contribution in [2.75, 3.05) is 0 Å². The maximum Gasteiger partial charge on any atom is 0.0887 e. The summed E-state index contributed by atoms with van der Waals surface area (Å²) in [7, 11) is -1.35. The minimum atomic E-state index is -1.35. The van der Waals surface area contributed by atoms with Crippen molar-refractivity contribution in [1.29, 1.82) is 0 Å². The second kappa shape index (κ2) is 6.59. The molecule has 0 aromatic heterocycles. The zero-order valence-electron chi connectivity index (χ0n) is 13.2. The van der Waals surface area contributed by atoms with E-state index in [4.69, 9.17) is 0 Å². The summed E-state index contributed by atoms with van der Waals surface area (Å²) in [4.78, 5) is 1.23. The van der Waals surface area contributed by atoms with Crippen molar-refractivity contribution in [3.05, 3.63) is 77.2 Å². The van der Waals surface area contributed by atoms with Crippen LogP contribution in [0.2, 0.25) is 0 Å². The lowest BCUT2D eigenvalue weighted by atomic mass is 9.82. The minimum Gasteiger partial charge on any atom is -0.387 e. The third-order valence-electron chi connectivity index (χ3n) is 3.98. The number of hydrogen-bond donors (Lipinski definition) is 1. The quantitative estimate of drug-likeness (QED) is 0.889. The molecule has 0 radical (unpaired) electrons. The van der Waals surface area contributed by atoms with Crippen LogP contribution in [0.25, 0.3) is 0 Å². The van der Waals surface area contributed by atoms with Crippen LogP contribution in [0.15, 0.2) is 71.0 Å². The van der Waals surface area contributed by atoms with Gasteiger partial charge in [-0.25, -0.2) is 4.21 Å². The van der Waals surface area contributed by atoms with Crippen molar-refractivity contribution in [3.8, 4) is 0 Å². The predicted octanol–water partition coefficient (Wildman–Crippen LogP) is 4.38. The van der Waals surface area contributed by atoms with Gasteiger partial charge >= 0.3 is 0 Å². The molecule has 0 aliphatic carbocycles. The van der Waals surface area contributed by atoms with Gasteiger partial charge < -0.3 is 5.11 Å². The Labute approximate surface area is 135 Å². The molecule has 116 valence electrons. The SMILES string of the molecule is C=C([S@@](=O)c1ccc(C)cc1)C(C)(C)[C@H](O)c1ccccc1. The zero-order valence-corrected chi connectivity index (χ0v) is 14.1. The van der Waals surface area contributed by atoms with E-state index in [0.717, 1.165) is 11.1 Å². The van der Waals surface area contributed by atoms with Crippen LogP contribution in [0.1, 0.15) is 31.1 Å². The Balaban J connectivity index is 2.26. The normalized spacial score (nSPS) is 14.4. The highest BCUT2D eigenvalue weighted by atomic mass is 32.2. The van der Waals surface area contributed by atoms with E-state index in [-0.39, 0.29) is 0 Å². The fraction of sp³-hybridized carbons (Fsp3) is 0.263. The summed E-state index contributed by atoms with van der Waals surface area (Å²) in [5.74, 6) is 0. The first-order valence-corrected chi connectivity index (χ1v) is 8.40. The first kappa shape index (κ1) is 16.7. The van der Waals surface area contributed by atoms with Gasteiger partial charge in [-0.3, -0.25) is 0 Å². The third-order valence-corrected chi connectivity index (χ3v) is 5.65. The van der Waals surface area contributed by atoms with Crippen LogP contribution in [-0.4, -0.2) is 9.32 Å². The minimum absolute atomic E-state index is 0.521. The van der Waals surface area contributed by atoms with Crippen molar-refractivity contribution in [2.45, 2.75) is 31.8 Å². The van der Waals surface area contributed by atoms with Crippen molar-refractivity contribution in [2.24, 2.45) is 5.41 Å². The highest BCUT2D eigenvalue weighted by Gasteiger charge is 2.35. The fourth-order valence-corrected chi connectivity index (χ4v) is 3.50. The average Bonchev–Trinajstić information content (AvgIpc) is 2.54. The van der Waals surface area contributed by atoms with Gasteiger partial charge in [-0.1, -0.05) is 68.5 Å². The topological polar surface area (TPSA) is 37.3 Å². The molecular formula is C19H22O2S. The monoisotopic (exact) mass is 314 g/mol. The van der Waals surface area contributed by atoms with Gasteiger partial charge in [-0.15, -0.1) is 0 Å². The molecule has 3 heteroatoms. The van der Waals surface area contributed by atoms with Gasteiger partial charge in [0.2, 0.25) is 0 Å². The van der Waals surface area contributed by atoms with Crippen LogP contribution in [0.5, 0.6) is 0 Å². The van der Waals surface area contributed by atoms with Crippen LogP contribution >= 0.6 is 0 Å². The first-order valence-electron chi connectivity index (χ1n) is 7.25. The fourth-order valence-electron chi connectivity index (χ4n) is 2.25. The van der Waals surface area contributed by atoms with E-state index in [1.165, 1.54) is 0 Å². The molecule has 22 heavy (non-hydrogen) atoms. The Morgan fingerprint density at radius 2 is 1.64 bits per heavy atom. The van der Waals surface area contributed by atoms with Gasteiger partial charge in [-0.05, 0) is 24.6 Å². The highest BCUT2D eigenvalue weighted by Crippen LogP contribution is 2.41. The largest absolute Gasteiger partial charge is 0.387 e. The molecular weight excluding hydrogens is 292 g/mol. The van der Waals surface area contributed by atoms with Crippen LogP contribution in [-0.2, 0) is 10.8 Å². The number of hydrogen-bond acceptors (Lipinski definition) is 2. The Hall–Kier alpha value is -1.71. The predicted molar refractivity (Wildman–Crippen MR) is 91.9 cm³/mol. The molecule has 0 heterocycles. The van der Waals surface area contributed by atoms with E-state index >= 15 is 0 Å². The summed E-state index contributed by atoms with van der Waals surface area (Å²) in [6.07, 6.45) is -0.754. The van der Waals surface area contributed by atoms with Gasteiger partial charge in [0.05, 0.1) is 16.9 Å². The molecule has 0 aliphatic rings. The standard InChI is InChI=1S/C19H22O2S/c1-14-10-12-17(13-11-14)22(21)15(2)19(3,4)18(20)16-8-6-5-7-9-16/h5-13,18,20H,2H2,1,3-4H3/t18-,22-/m1/s1. The lowest BCUT2D eigenvalue weighted by Gasteiger charge is -2.32. The lowest BCUT2D eigenvalue weighted by Crippen LogP contribution is -2.26. The number of benzene rings is 2. The summed E-state index contributed by atoms with van der Waals surface area (Å²) in [6, 6.07) is 17.0. The Morgan fingerprint density at radius 1 is 1.09 bits per heavy atom. The van der Waals surface area contributed by atoms with Gasteiger partial charge in [0, 0.05) is 15.2 Å². The maximum atomic E-state index is 12.7. The van der Waals surface area contributed by atoms with Crippen LogP contribution in [0, 0.1) is 12.3 Å². The van der Waals surface area contributed by atoms with E-state index < -0.39 is 22.3 Å². The molecule has 2 aromatic rings. The molecule has 0 unspecified atom stereocenters. The number of aryl methyl sites for hydroxylation is 1. The lowest BCUT2D eigenvalue weighted by molar-refractivity contribution is 0.0795. The summed E-state index contributed by atoms with van der Waals surface area (Å²) in [5, 5.41) is 10.7. The molecule has 2 nitrogen and oxygen atoms in total. The number of aliphatic hydroxyl groups is 1. The zero-order chi connectivity index (χ0) is 16.3. The molecule has 2 aromatic carbocycles. The first-order chi connectivity index (χ1) is 10.3. The van der Waals surface area contributed by atoms with Gasteiger partial charge in [-0.2, -0.15) is 0 Å². The number of aliphatic hydroxyl groups excluding tert-OH is 1. The summed E-state index contributed by atoms with van der Waals surface area (Å²) in [6.45, 7) is 9.75. The number of rotatable bonds is 5. The molecule has 0 amide bonds. The molecule has 0 fully saturated rings. The van der Waals surface area contributed by atoms with E-state index in [1.54, 1.807) is 0 Å². The Bertz CT molecular complexity index is 672. The van der Waals surface area contributed by atoms with E-state index in [0.29, 0.717) is 9.80 Å². The molecule has 2 atom stereocenters. The Morgan fingerprint density at radius 3 is 2.18 bits per heavy atom. The second-order valence-corrected chi connectivity index (χ2v) is 7.54. The second-order valence-electron chi connectivity index (χ2n) is 6.04. The summed E-state index contributed by atoms with van der Waals surface area (Å²) >= 11 is 0. The smallest absolute Gasteiger partial charge is 0.0887 e. The van der Waals surface area contributed by atoms with E-state index in [1.807, 2.05) is 75.4 Å². The molecule has 1 N–H and O–H groups in total. The summed E-state index contributed by atoms with van der Waals surface area (Å²) in [5.41, 5.74) is 1.22. The van der Waals surface area contributed by atoms with Gasteiger partial charge in [0.25, 0.3) is 0 Å². The Kier molecular flexibility index (Phi) is 4.99. The molecule has 0 saturated carbocycles. The van der Waals surface area contributed by atoms with Crippen molar-refractivity contribution >= 4 is 10.8 Å². The van der Waals surface area contributed by atoms with Crippen molar-refractivity contribution in [3.63, 3.8) is 0 Å². The molecule has 0 spiro atoms. The molecule has 0 saturated heterocycles. The van der Waals surface area contributed by atoms with Crippen LogP contribution < -0.4 is 0 Å².